The van der Waals surface area contributed by atoms with Crippen molar-refractivity contribution >= 4 is 21.9 Å². The van der Waals surface area contributed by atoms with E-state index in [1.54, 1.807) is 0 Å². The molecule has 0 amide bonds. The van der Waals surface area contributed by atoms with Crippen LogP contribution in [0.15, 0.2) is 95.4 Å². The Balaban J connectivity index is 1.65. The van der Waals surface area contributed by atoms with E-state index in [1.165, 1.54) is 5.56 Å². The minimum absolute atomic E-state index is 0.0334. The van der Waals surface area contributed by atoms with Gasteiger partial charge in [0.15, 0.2) is 17.5 Å². The first-order valence-electron chi connectivity index (χ1n) is 13.5. The Morgan fingerprint density at radius 1 is 0.513 bits per heavy atom. The third kappa shape index (κ3) is 4.72. The van der Waals surface area contributed by atoms with Crippen molar-refractivity contribution in [1.82, 2.24) is 15.0 Å². The Morgan fingerprint density at radius 2 is 1.05 bits per heavy atom. The van der Waals surface area contributed by atoms with Crippen molar-refractivity contribution in [3.63, 3.8) is 0 Å². The molecule has 4 nitrogen and oxygen atoms in total. The molecule has 0 bridgehead atoms. The van der Waals surface area contributed by atoms with Crippen molar-refractivity contribution in [1.29, 1.82) is 0 Å². The summed E-state index contributed by atoms with van der Waals surface area (Å²) in [6.07, 6.45) is 0. The molecule has 4 aromatic carbocycles. The van der Waals surface area contributed by atoms with Gasteiger partial charge in [-0.1, -0.05) is 108 Å². The lowest BCUT2D eigenvalue weighted by Crippen LogP contribution is -2.12. The van der Waals surface area contributed by atoms with Crippen LogP contribution in [0.4, 0.5) is 0 Å². The van der Waals surface area contributed by atoms with Crippen LogP contribution in [-0.2, 0) is 10.8 Å². The molecule has 0 aliphatic carbocycles. The minimum atomic E-state index is -0.146. The lowest BCUT2D eigenvalue weighted by molar-refractivity contribution is 0.572. The first kappa shape index (κ1) is 25.0. The molecule has 0 radical (unpaired) electrons. The van der Waals surface area contributed by atoms with E-state index in [4.69, 9.17) is 19.4 Å². The molecule has 0 N–H and O–H groups in total. The van der Waals surface area contributed by atoms with Gasteiger partial charge in [-0.2, -0.15) is 0 Å². The summed E-state index contributed by atoms with van der Waals surface area (Å²) in [7, 11) is 0. The molecule has 0 unspecified atom stereocenters. The Bertz CT molecular complexity index is 1750. The largest absolute Gasteiger partial charge is 0.456 e. The molecule has 0 aliphatic rings. The smallest absolute Gasteiger partial charge is 0.164 e. The molecule has 194 valence electrons. The maximum atomic E-state index is 6.50. The van der Waals surface area contributed by atoms with Crippen molar-refractivity contribution in [2.75, 3.05) is 0 Å². The fourth-order valence-electron chi connectivity index (χ4n) is 4.97. The second kappa shape index (κ2) is 9.16. The number of aromatic nitrogens is 3. The third-order valence-electron chi connectivity index (χ3n) is 7.20. The van der Waals surface area contributed by atoms with E-state index >= 15 is 0 Å². The third-order valence-corrected chi connectivity index (χ3v) is 7.20. The second-order valence-corrected chi connectivity index (χ2v) is 12.3. The van der Waals surface area contributed by atoms with Gasteiger partial charge in [-0.05, 0) is 40.7 Å². The van der Waals surface area contributed by atoms with E-state index in [2.05, 4.69) is 71.9 Å². The first-order valence-corrected chi connectivity index (χ1v) is 13.5. The zero-order chi connectivity index (χ0) is 27.4. The summed E-state index contributed by atoms with van der Waals surface area (Å²) in [6.45, 7) is 13.4. The van der Waals surface area contributed by atoms with Gasteiger partial charge in [-0.3, -0.25) is 0 Å². The lowest BCUT2D eigenvalue weighted by atomic mass is 9.84. The summed E-state index contributed by atoms with van der Waals surface area (Å²) in [4.78, 5) is 14.9. The summed E-state index contributed by atoms with van der Waals surface area (Å²) >= 11 is 0. The molecule has 6 rings (SSSR count). The van der Waals surface area contributed by atoms with Gasteiger partial charge in [0.25, 0.3) is 0 Å². The summed E-state index contributed by atoms with van der Waals surface area (Å²) < 4.78 is 6.50. The molecule has 6 aromatic rings. The minimum Gasteiger partial charge on any atom is -0.456 e. The Labute approximate surface area is 229 Å². The quantitative estimate of drug-likeness (QED) is 0.237. The van der Waals surface area contributed by atoms with Gasteiger partial charge in [-0.25, -0.2) is 15.0 Å². The van der Waals surface area contributed by atoms with Crippen LogP contribution in [-0.4, -0.2) is 15.0 Å². The van der Waals surface area contributed by atoms with Crippen molar-refractivity contribution in [3.8, 4) is 34.2 Å². The van der Waals surface area contributed by atoms with Crippen LogP contribution < -0.4 is 0 Å². The molecule has 0 saturated heterocycles. The normalized spacial score (nSPS) is 12.4. The summed E-state index contributed by atoms with van der Waals surface area (Å²) in [6, 6.07) is 31.1. The fraction of sp³-hybridized carbons (Fsp3) is 0.229. The number of rotatable bonds is 3. The zero-order valence-corrected chi connectivity index (χ0v) is 23.4. The monoisotopic (exact) mass is 511 g/mol. The average molecular weight is 512 g/mol. The second-order valence-electron chi connectivity index (χ2n) is 12.3. The molecular formula is C35H33N3O. The Kier molecular flexibility index (Phi) is 5.87. The van der Waals surface area contributed by atoms with E-state index in [0.717, 1.165) is 44.2 Å². The molecule has 2 aromatic heterocycles. The van der Waals surface area contributed by atoms with Crippen molar-refractivity contribution in [2.24, 2.45) is 0 Å². The number of nitrogens with zero attached hydrogens (tertiary/aromatic N) is 3. The van der Waals surface area contributed by atoms with Crippen molar-refractivity contribution in [3.05, 3.63) is 102 Å². The first-order chi connectivity index (χ1) is 18.6. The number of fused-ring (bicyclic) bond motifs is 3. The van der Waals surface area contributed by atoms with Crippen molar-refractivity contribution < 1.29 is 4.42 Å². The number of benzene rings is 4. The molecule has 2 heterocycles. The van der Waals surface area contributed by atoms with Crippen LogP contribution in [0.2, 0.25) is 0 Å². The highest BCUT2D eigenvalue weighted by molar-refractivity contribution is 6.08. The summed E-state index contributed by atoms with van der Waals surface area (Å²) in [5.41, 5.74) is 6.98. The Hall–Kier alpha value is -4.31. The van der Waals surface area contributed by atoms with Gasteiger partial charge >= 0.3 is 0 Å². The van der Waals surface area contributed by atoms with Crippen molar-refractivity contribution in [2.45, 2.75) is 52.4 Å². The van der Waals surface area contributed by atoms with Gasteiger partial charge < -0.3 is 4.42 Å². The van der Waals surface area contributed by atoms with Gasteiger partial charge in [0.05, 0.1) is 0 Å². The molecular weight excluding hydrogens is 478 g/mol. The highest BCUT2D eigenvalue weighted by Gasteiger charge is 2.25. The van der Waals surface area contributed by atoms with E-state index in [1.807, 2.05) is 60.7 Å². The van der Waals surface area contributed by atoms with Gasteiger partial charge in [-0.15, -0.1) is 0 Å². The number of furan rings is 1. The number of hydrogen-bond acceptors (Lipinski definition) is 4. The predicted molar refractivity (Wildman–Crippen MR) is 161 cm³/mol. The summed E-state index contributed by atoms with van der Waals surface area (Å²) in [5.74, 6) is 1.96. The Morgan fingerprint density at radius 3 is 1.56 bits per heavy atom. The van der Waals surface area contributed by atoms with Crippen LogP contribution >= 0.6 is 0 Å². The average Bonchev–Trinajstić information content (AvgIpc) is 3.30. The zero-order valence-electron chi connectivity index (χ0n) is 23.4. The van der Waals surface area contributed by atoms with Crippen LogP contribution in [0.3, 0.4) is 0 Å². The highest BCUT2D eigenvalue weighted by atomic mass is 16.3. The number of hydrogen-bond donors (Lipinski definition) is 0. The topological polar surface area (TPSA) is 51.8 Å². The maximum absolute atomic E-state index is 6.50. The molecule has 0 saturated carbocycles. The van der Waals surface area contributed by atoms with E-state index in [-0.39, 0.29) is 10.8 Å². The fourth-order valence-corrected chi connectivity index (χ4v) is 4.97. The maximum Gasteiger partial charge on any atom is 0.164 e. The molecule has 0 spiro atoms. The highest BCUT2D eigenvalue weighted by Crippen LogP contribution is 2.40. The lowest BCUT2D eigenvalue weighted by Gasteiger charge is -2.20. The van der Waals surface area contributed by atoms with Gasteiger partial charge in [0.1, 0.15) is 11.2 Å². The molecule has 0 aliphatic heterocycles. The standard InChI is InChI=1S/C35H33N3O/c1-34(2,3)25-17-18-29-26(21-25)27-19-24(20-28(30(27)39-29)35(4,5)6)33-37-31(22-13-9-7-10-14-22)36-32(38-33)23-15-11-8-12-16-23/h7-21H,1-6H3. The summed E-state index contributed by atoms with van der Waals surface area (Å²) in [5, 5.41) is 2.20. The van der Waals surface area contributed by atoms with E-state index < -0.39 is 0 Å². The van der Waals surface area contributed by atoms with Crippen LogP contribution in [0, 0.1) is 0 Å². The molecule has 4 heteroatoms. The SMILES string of the molecule is CC(C)(C)c1ccc2oc3c(C(C)(C)C)cc(-c4nc(-c5ccccc5)nc(-c5ccccc5)n4)cc3c2c1. The van der Waals surface area contributed by atoms with Crippen LogP contribution in [0.1, 0.15) is 52.7 Å². The predicted octanol–water partition coefficient (Wildman–Crippen LogP) is 9.37. The molecule has 39 heavy (non-hydrogen) atoms. The van der Waals surface area contributed by atoms with Crippen LogP contribution in [0.25, 0.3) is 56.1 Å². The molecule has 0 atom stereocenters. The van der Waals surface area contributed by atoms with E-state index in [9.17, 15) is 0 Å². The molecule has 0 fully saturated rings. The van der Waals surface area contributed by atoms with Gasteiger partial charge in [0, 0.05) is 33.0 Å². The van der Waals surface area contributed by atoms with E-state index in [0.29, 0.717) is 17.5 Å². The van der Waals surface area contributed by atoms with Crippen LogP contribution in [0.5, 0.6) is 0 Å². The van der Waals surface area contributed by atoms with Gasteiger partial charge in [0.2, 0.25) is 0 Å².